The number of nitrogens with one attached hydrogen (secondary N) is 2. The maximum atomic E-state index is 11.4. The van der Waals surface area contributed by atoms with Crippen molar-refractivity contribution in [3.63, 3.8) is 0 Å². The zero-order valence-electron chi connectivity index (χ0n) is 11.4. The van der Waals surface area contributed by atoms with Crippen LogP contribution in [0.4, 0.5) is 0 Å². The van der Waals surface area contributed by atoms with Crippen molar-refractivity contribution in [2.24, 2.45) is 0 Å². The van der Waals surface area contributed by atoms with E-state index in [4.69, 9.17) is 11.2 Å². The summed E-state index contributed by atoms with van der Waals surface area (Å²) in [6.07, 6.45) is 5.07. The summed E-state index contributed by atoms with van der Waals surface area (Å²) in [7, 11) is 0. The highest BCUT2D eigenvalue weighted by molar-refractivity contribution is 5.77. The van der Waals surface area contributed by atoms with Crippen LogP contribution in [0.3, 0.4) is 0 Å². The summed E-state index contributed by atoms with van der Waals surface area (Å²) in [6.45, 7) is 5.17. The van der Waals surface area contributed by atoms with E-state index in [-0.39, 0.29) is 25.1 Å². The maximum Gasteiger partial charge on any atom is 0.258 e. The van der Waals surface area contributed by atoms with Crippen LogP contribution < -0.4 is 15.4 Å². The SMILES string of the molecule is C#CCNC(=O)COc1ccccc1C(C)NCC. The molecule has 0 saturated carbocycles. The van der Waals surface area contributed by atoms with Gasteiger partial charge in [0.25, 0.3) is 5.91 Å². The Labute approximate surface area is 114 Å². The highest BCUT2D eigenvalue weighted by Crippen LogP contribution is 2.24. The molecular formula is C15H20N2O2. The molecule has 0 spiro atoms. The average molecular weight is 260 g/mol. The number of terminal acetylenes is 1. The van der Waals surface area contributed by atoms with Crippen LogP contribution in [0.5, 0.6) is 5.75 Å². The Kier molecular flexibility index (Phi) is 6.48. The van der Waals surface area contributed by atoms with Gasteiger partial charge in [0.2, 0.25) is 0 Å². The summed E-state index contributed by atoms with van der Waals surface area (Å²) in [4.78, 5) is 11.4. The number of amides is 1. The van der Waals surface area contributed by atoms with Gasteiger partial charge in [-0.2, -0.15) is 0 Å². The van der Waals surface area contributed by atoms with Crippen molar-refractivity contribution in [1.29, 1.82) is 0 Å². The lowest BCUT2D eigenvalue weighted by atomic mass is 10.1. The number of carbonyl (C=O) groups is 1. The quantitative estimate of drug-likeness (QED) is 0.730. The van der Waals surface area contributed by atoms with E-state index in [1.807, 2.05) is 31.2 Å². The molecule has 0 radical (unpaired) electrons. The van der Waals surface area contributed by atoms with Gasteiger partial charge in [-0.1, -0.05) is 31.0 Å². The van der Waals surface area contributed by atoms with E-state index in [9.17, 15) is 4.79 Å². The predicted molar refractivity (Wildman–Crippen MR) is 75.9 cm³/mol. The third kappa shape index (κ3) is 5.02. The van der Waals surface area contributed by atoms with Crippen LogP contribution in [0, 0.1) is 12.3 Å². The summed E-state index contributed by atoms with van der Waals surface area (Å²) in [5.41, 5.74) is 1.04. The minimum Gasteiger partial charge on any atom is -0.483 e. The second-order valence-corrected chi connectivity index (χ2v) is 4.09. The van der Waals surface area contributed by atoms with Crippen molar-refractivity contribution in [3.8, 4) is 18.1 Å². The van der Waals surface area contributed by atoms with E-state index < -0.39 is 0 Å². The number of benzene rings is 1. The van der Waals surface area contributed by atoms with Crippen LogP contribution in [0.2, 0.25) is 0 Å². The Balaban J connectivity index is 2.63. The standard InChI is InChI=1S/C15H20N2O2/c1-4-10-17-15(18)11-19-14-9-7-6-8-13(14)12(3)16-5-2/h1,6-9,12,16H,5,10-11H2,2-3H3,(H,17,18). The Morgan fingerprint density at radius 3 is 2.89 bits per heavy atom. The van der Waals surface area contributed by atoms with Gasteiger partial charge < -0.3 is 15.4 Å². The lowest BCUT2D eigenvalue weighted by Gasteiger charge is -2.17. The molecule has 1 aromatic rings. The van der Waals surface area contributed by atoms with Crippen LogP contribution in [0.15, 0.2) is 24.3 Å². The van der Waals surface area contributed by atoms with E-state index in [0.717, 1.165) is 12.1 Å². The molecule has 102 valence electrons. The van der Waals surface area contributed by atoms with Crippen LogP contribution in [0.1, 0.15) is 25.5 Å². The first-order valence-electron chi connectivity index (χ1n) is 6.34. The monoisotopic (exact) mass is 260 g/mol. The molecular weight excluding hydrogens is 240 g/mol. The molecule has 0 saturated heterocycles. The van der Waals surface area contributed by atoms with E-state index >= 15 is 0 Å². The first-order chi connectivity index (χ1) is 9.19. The molecule has 0 aliphatic carbocycles. The van der Waals surface area contributed by atoms with Gasteiger partial charge in [-0.25, -0.2) is 0 Å². The van der Waals surface area contributed by atoms with E-state index in [1.165, 1.54) is 0 Å². The van der Waals surface area contributed by atoms with Crippen molar-refractivity contribution in [1.82, 2.24) is 10.6 Å². The van der Waals surface area contributed by atoms with Crippen molar-refractivity contribution in [2.45, 2.75) is 19.9 Å². The van der Waals surface area contributed by atoms with Crippen LogP contribution in [-0.2, 0) is 4.79 Å². The number of para-hydroxylation sites is 1. The number of hydrogen-bond acceptors (Lipinski definition) is 3. The predicted octanol–water partition coefficient (Wildman–Crippen LogP) is 1.49. The normalized spacial score (nSPS) is 11.4. The van der Waals surface area contributed by atoms with E-state index in [2.05, 4.69) is 23.5 Å². The third-order valence-electron chi connectivity index (χ3n) is 2.64. The van der Waals surface area contributed by atoms with Crippen LogP contribution in [-0.4, -0.2) is 25.6 Å². The first kappa shape index (κ1) is 15.1. The zero-order chi connectivity index (χ0) is 14.1. The molecule has 2 N–H and O–H groups in total. The van der Waals surface area contributed by atoms with Crippen LogP contribution >= 0.6 is 0 Å². The van der Waals surface area contributed by atoms with Gasteiger partial charge in [-0.05, 0) is 19.5 Å². The molecule has 1 aromatic carbocycles. The molecule has 1 rings (SSSR count). The fourth-order valence-corrected chi connectivity index (χ4v) is 1.73. The fraction of sp³-hybridized carbons (Fsp3) is 0.400. The molecule has 0 heterocycles. The van der Waals surface area contributed by atoms with Gasteiger partial charge in [0.1, 0.15) is 5.75 Å². The Bertz CT molecular complexity index is 452. The smallest absolute Gasteiger partial charge is 0.258 e. The molecule has 19 heavy (non-hydrogen) atoms. The van der Waals surface area contributed by atoms with Crippen LogP contribution in [0.25, 0.3) is 0 Å². The number of ether oxygens (including phenoxy) is 1. The van der Waals surface area contributed by atoms with Gasteiger partial charge >= 0.3 is 0 Å². The van der Waals surface area contributed by atoms with E-state index in [0.29, 0.717) is 5.75 Å². The number of hydrogen-bond donors (Lipinski definition) is 2. The number of rotatable bonds is 7. The fourth-order valence-electron chi connectivity index (χ4n) is 1.73. The summed E-state index contributed by atoms with van der Waals surface area (Å²) in [5, 5.41) is 5.88. The second kappa shape index (κ2) is 8.17. The molecule has 0 aliphatic heterocycles. The molecule has 4 heteroatoms. The van der Waals surface area contributed by atoms with Gasteiger partial charge in [-0.15, -0.1) is 6.42 Å². The molecule has 1 unspecified atom stereocenters. The molecule has 0 aliphatic rings. The van der Waals surface area contributed by atoms with Gasteiger partial charge in [-0.3, -0.25) is 4.79 Å². The Morgan fingerprint density at radius 2 is 2.21 bits per heavy atom. The first-order valence-corrected chi connectivity index (χ1v) is 6.34. The highest BCUT2D eigenvalue weighted by atomic mass is 16.5. The molecule has 0 aromatic heterocycles. The summed E-state index contributed by atoms with van der Waals surface area (Å²) in [5.74, 6) is 2.84. The minimum absolute atomic E-state index is 0.0302. The molecule has 4 nitrogen and oxygen atoms in total. The summed E-state index contributed by atoms with van der Waals surface area (Å²) in [6, 6.07) is 7.86. The lowest BCUT2D eigenvalue weighted by Crippen LogP contribution is -2.29. The molecule has 0 fully saturated rings. The zero-order valence-corrected chi connectivity index (χ0v) is 11.4. The number of carbonyl (C=O) groups excluding carboxylic acids is 1. The van der Waals surface area contributed by atoms with Crippen molar-refractivity contribution in [2.75, 3.05) is 19.7 Å². The van der Waals surface area contributed by atoms with E-state index in [1.54, 1.807) is 0 Å². The molecule has 0 bridgehead atoms. The lowest BCUT2D eigenvalue weighted by molar-refractivity contribution is -0.122. The second-order valence-electron chi connectivity index (χ2n) is 4.09. The molecule has 1 amide bonds. The van der Waals surface area contributed by atoms with Crippen molar-refractivity contribution < 1.29 is 9.53 Å². The van der Waals surface area contributed by atoms with Crippen molar-refractivity contribution >= 4 is 5.91 Å². The van der Waals surface area contributed by atoms with Gasteiger partial charge in [0.15, 0.2) is 6.61 Å². The molecule has 1 atom stereocenters. The summed E-state index contributed by atoms with van der Waals surface area (Å²) < 4.78 is 5.54. The van der Waals surface area contributed by atoms with Gasteiger partial charge in [0.05, 0.1) is 6.54 Å². The Morgan fingerprint density at radius 1 is 1.47 bits per heavy atom. The summed E-state index contributed by atoms with van der Waals surface area (Å²) >= 11 is 0. The maximum absolute atomic E-state index is 11.4. The minimum atomic E-state index is -0.219. The van der Waals surface area contributed by atoms with Crippen molar-refractivity contribution in [3.05, 3.63) is 29.8 Å². The largest absolute Gasteiger partial charge is 0.483 e. The average Bonchev–Trinajstić information content (AvgIpc) is 2.43. The topological polar surface area (TPSA) is 50.4 Å². The Hall–Kier alpha value is -1.99. The van der Waals surface area contributed by atoms with Gasteiger partial charge in [0, 0.05) is 11.6 Å². The third-order valence-corrected chi connectivity index (χ3v) is 2.64. The highest BCUT2D eigenvalue weighted by Gasteiger charge is 2.11.